The highest BCUT2D eigenvalue weighted by atomic mass is 35.5. The fourth-order valence-electron chi connectivity index (χ4n) is 2.71. The largest absolute Gasteiger partial charge is 0.478 e. The first-order chi connectivity index (χ1) is 13.0. The Morgan fingerprint density at radius 2 is 1.93 bits per heavy atom. The number of nitrogens with zero attached hydrogens (tertiary/aromatic N) is 2. The molecule has 0 unspecified atom stereocenters. The van der Waals surface area contributed by atoms with Crippen molar-refractivity contribution in [2.24, 2.45) is 0 Å². The SMILES string of the molecule is O=C(Nc1csc(-c2ccc(Cl)cc2)c1C(=O)O)c1cn2ccccc2n1. The van der Waals surface area contributed by atoms with Crippen molar-refractivity contribution in [2.45, 2.75) is 0 Å². The zero-order valence-corrected chi connectivity index (χ0v) is 15.3. The number of benzene rings is 1. The number of hydrogen-bond acceptors (Lipinski definition) is 4. The number of aromatic nitrogens is 2. The molecule has 3 heterocycles. The molecule has 0 spiro atoms. The van der Waals surface area contributed by atoms with E-state index >= 15 is 0 Å². The van der Waals surface area contributed by atoms with Crippen LogP contribution in [0.2, 0.25) is 5.02 Å². The summed E-state index contributed by atoms with van der Waals surface area (Å²) in [5, 5.41) is 14.5. The maximum Gasteiger partial charge on any atom is 0.339 e. The van der Waals surface area contributed by atoms with Crippen LogP contribution in [-0.2, 0) is 0 Å². The number of halogens is 1. The van der Waals surface area contributed by atoms with Gasteiger partial charge in [-0.3, -0.25) is 4.79 Å². The van der Waals surface area contributed by atoms with Crippen LogP contribution in [0.1, 0.15) is 20.8 Å². The first kappa shape index (κ1) is 17.3. The summed E-state index contributed by atoms with van der Waals surface area (Å²) >= 11 is 7.14. The number of carbonyl (C=O) groups excluding carboxylic acids is 1. The number of amides is 1. The molecule has 0 bridgehead atoms. The van der Waals surface area contributed by atoms with Gasteiger partial charge in [-0.05, 0) is 29.8 Å². The molecule has 0 aliphatic carbocycles. The third-order valence-electron chi connectivity index (χ3n) is 3.96. The van der Waals surface area contributed by atoms with E-state index < -0.39 is 11.9 Å². The molecule has 4 aromatic rings. The van der Waals surface area contributed by atoms with Crippen molar-refractivity contribution >= 4 is 46.1 Å². The number of hydrogen-bond donors (Lipinski definition) is 2. The zero-order chi connectivity index (χ0) is 19.0. The number of rotatable bonds is 4. The molecule has 3 aromatic heterocycles. The Morgan fingerprint density at radius 1 is 1.15 bits per heavy atom. The smallest absolute Gasteiger partial charge is 0.339 e. The Bertz CT molecular complexity index is 1130. The minimum absolute atomic E-state index is 0.0411. The second-order valence-corrected chi connectivity index (χ2v) is 7.03. The molecule has 1 amide bonds. The fourth-order valence-corrected chi connectivity index (χ4v) is 3.83. The van der Waals surface area contributed by atoms with Crippen LogP contribution in [0.5, 0.6) is 0 Å². The van der Waals surface area contributed by atoms with Gasteiger partial charge in [0.1, 0.15) is 16.9 Å². The summed E-state index contributed by atoms with van der Waals surface area (Å²) in [6.45, 7) is 0. The second kappa shape index (κ2) is 6.86. The average Bonchev–Trinajstić information content (AvgIpc) is 3.26. The summed E-state index contributed by atoms with van der Waals surface area (Å²) in [5.41, 5.74) is 1.83. The van der Waals surface area contributed by atoms with E-state index in [2.05, 4.69) is 10.3 Å². The van der Waals surface area contributed by atoms with Gasteiger partial charge in [0.2, 0.25) is 0 Å². The Balaban J connectivity index is 1.68. The van der Waals surface area contributed by atoms with Gasteiger partial charge >= 0.3 is 5.97 Å². The van der Waals surface area contributed by atoms with Gasteiger partial charge in [-0.1, -0.05) is 29.8 Å². The summed E-state index contributed by atoms with van der Waals surface area (Å²) in [7, 11) is 0. The van der Waals surface area contributed by atoms with E-state index in [9.17, 15) is 14.7 Å². The number of pyridine rings is 1. The van der Waals surface area contributed by atoms with Crippen molar-refractivity contribution in [3.05, 3.63) is 76.5 Å². The molecule has 1 aromatic carbocycles. The van der Waals surface area contributed by atoms with Gasteiger partial charge in [-0.15, -0.1) is 11.3 Å². The topological polar surface area (TPSA) is 83.7 Å². The van der Waals surface area contributed by atoms with E-state index in [1.54, 1.807) is 52.5 Å². The Hall–Kier alpha value is -3.16. The quantitative estimate of drug-likeness (QED) is 0.524. The number of nitrogens with one attached hydrogen (secondary N) is 1. The lowest BCUT2D eigenvalue weighted by Crippen LogP contribution is -2.14. The molecule has 27 heavy (non-hydrogen) atoms. The third-order valence-corrected chi connectivity index (χ3v) is 5.24. The highest BCUT2D eigenvalue weighted by Crippen LogP contribution is 2.36. The Kier molecular flexibility index (Phi) is 4.39. The van der Waals surface area contributed by atoms with Crippen LogP contribution < -0.4 is 5.32 Å². The van der Waals surface area contributed by atoms with Crippen LogP contribution in [-0.4, -0.2) is 26.4 Å². The first-order valence-electron chi connectivity index (χ1n) is 7.89. The van der Waals surface area contributed by atoms with E-state index in [0.717, 1.165) is 5.56 Å². The lowest BCUT2D eigenvalue weighted by molar-refractivity contribution is 0.0699. The number of anilines is 1. The molecule has 0 saturated carbocycles. The highest BCUT2D eigenvalue weighted by molar-refractivity contribution is 7.14. The number of thiophene rings is 1. The zero-order valence-electron chi connectivity index (χ0n) is 13.7. The standard InChI is InChI=1S/C19H12ClN3O3S/c20-12-6-4-11(5-7-12)17-16(19(25)26)14(10-27-17)22-18(24)13-9-23-8-2-1-3-15(23)21-13/h1-10H,(H,22,24)(H,25,26). The van der Waals surface area contributed by atoms with Gasteiger partial charge in [-0.25, -0.2) is 9.78 Å². The summed E-state index contributed by atoms with van der Waals surface area (Å²) in [5.74, 6) is -1.59. The number of aromatic carboxylic acids is 1. The van der Waals surface area contributed by atoms with Gasteiger partial charge in [0.25, 0.3) is 5.91 Å². The molecule has 4 rings (SSSR count). The first-order valence-corrected chi connectivity index (χ1v) is 9.14. The summed E-state index contributed by atoms with van der Waals surface area (Å²) in [4.78, 5) is 29.2. The molecule has 0 saturated heterocycles. The monoisotopic (exact) mass is 397 g/mol. The van der Waals surface area contributed by atoms with Crippen molar-refractivity contribution in [3.63, 3.8) is 0 Å². The summed E-state index contributed by atoms with van der Waals surface area (Å²) in [6.07, 6.45) is 3.38. The Labute approximate surface area is 162 Å². The van der Waals surface area contributed by atoms with Crippen LogP contribution in [0.15, 0.2) is 60.2 Å². The molecule has 0 fully saturated rings. The van der Waals surface area contributed by atoms with Crippen molar-refractivity contribution in [1.29, 1.82) is 0 Å². The lowest BCUT2D eigenvalue weighted by Gasteiger charge is -2.05. The maximum absolute atomic E-state index is 12.6. The molecule has 0 radical (unpaired) electrons. The number of imidazole rings is 1. The predicted octanol–water partition coefficient (Wildman–Crippen LogP) is 4.67. The van der Waals surface area contributed by atoms with Crippen molar-refractivity contribution in [2.75, 3.05) is 5.32 Å². The molecule has 134 valence electrons. The van der Waals surface area contributed by atoms with Gasteiger partial charge in [0.05, 0.1) is 10.6 Å². The summed E-state index contributed by atoms with van der Waals surface area (Å²) in [6, 6.07) is 12.3. The van der Waals surface area contributed by atoms with Crippen molar-refractivity contribution in [3.8, 4) is 10.4 Å². The number of fused-ring (bicyclic) bond motifs is 1. The predicted molar refractivity (Wildman–Crippen MR) is 105 cm³/mol. The van der Waals surface area contributed by atoms with E-state index in [1.165, 1.54) is 11.3 Å². The fraction of sp³-hybridized carbons (Fsp3) is 0. The van der Waals surface area contributed by atoms with Crippen LogP contribution in [0, 0.1) is 0 Å². The van der Waals surface area contributed by atoms with Crippen LogP contribution in [0.25, 0.3) is 16.1 Å². The molecule has 0 atom stereocenters. The molecular formula is C19H12ClN3O3S. The lowest BCUT2D eigenvalue weighted by atomic mass is 10.1. The van der Waals surface area contributed by atoms with Crippen LogP contribution in [0.4, 0.5) is 5.69 Å². The minimum atomic E-state index is -1.12. The highest BCUT2D eigenvalue weighted by Gasteiger charge is 2.22. The van der Waals surface area contributed by atoms with Gasteiger partial charge < -0.3 is 14.8 Å². The van der Waals surface area contributed by atoms with Gasteiger partial charge in [-0.2, -0.15) is 0 Å². The van der Waals surface area contributed by atoms with E-state index in [0.29, 0.717) is 15.5 Å². The van der Waals surface area contributed by atoms with Crippen LogP contribution >= 0.6 is 22.9 Å². The van der Waals surface area contributed by atoms with E-state index in [4.69, 9.17) is 11.6 Å². The number of carboxylic acid groups (broad SMARTS) is 1. The van der Waals surface area contributed by atoms with E-state index in [1.807, 2.05) is 12.1 Å². The van der Waals surface area contributed by atoms with Crippen molar-refractivity contribution < 1.29 is 14.7 Å². The van der Waals surface area contributed by atoms with Crippen molar-refractivity contribution in [1.82, 2.24) is 9.38 Å². The molecule has 8 heteroatoms. The van der Waals surface area contributed by atoms with Gasteiger partial charge in [0.15, 0.2) is 0 Å². The molecular weight excluding hydrogens is 386 g/mol. The summed E-state index contributed by atoms with van der Waals surface area (Å²) < 4.78 is 1.72. The third kappa shape index (κ3) is 3.30. The molecule has 2 N–H and O–H groups in total. The van der Waals surface area contributed by atoms with Crippen LogP contribution in [0.3, 0.4) is 0 Å². The normalized spacial score (nSPS) is 10.9. The number of carbonyl (C=O) groups is 2. The maximum atomic E-state index is 12.6. The molecule has 6 nitrogen and oxygen atoms in total. The average molecular weight is 398 g/mol. The molecule has 0 aliphatic heterocycles. The molecule has 0 aliphatic rings. The van der Waals surface area contributed by atoms with E-state index in [-0.39, 0.29) is 16.9 Å². The Morgan fingerprint density at radius 3 is 2.63 bits per heavy atom. The number of carboxylic acids is 1. The minimum Gasteiger partial charge on any atom is -0.478 e. The second-order valence-electron chi connectivity index (χ2n) is 5.71. The van der Waals surface area contributed by atoms with Gasteiger partial charge in [0, 0.05) is 22.8 Å².